The van der Waals surface area contributed by atoms with E-state index in [2.05, 4.69) is 18.7 Å². The lowest BCUT2D eigenvalue weighted by atomic mass is 10.0. The number of rotatable bonds is 5. The van der Waals surface area contributed by atoms with Crippen LogP contribution in [0.15, 0.2) is 24.3 Å². The van der Waals surface area contributed by atoms with Gasteiger partial charge >= 0.3 is 0 Å². The van der Waals surface area contributed by atoms with Crippen LogP contribution in [0.5, 0.6) is 5.75 Å². The van der Waals surface area contributed by atoms with Crippen molar-refractivity contribution in [3.8, 4) is 5.75 Å². The summed E-state index contributed by atoms with van der Waals surface area (Å²) in [7, 11) is 0. The van der Waals surface area contributed by atoms with Gasteiger partial charge in [0.05, 0.1) is 25.5 Å². The number of ether oxygens (including phenoxy) is 2. The van der Waals surface area contributed by atoms with Gasteiger partial charge in [0, 0.05) is 18.6 Å². The highest BCUT2D eigenvalue weighted by molar-refractivity contribution is 5.51. The molecule has 0 radical (unpaired) electrons. The summed E-state index contributed by atoms with van der Waals surface area (Å²) in [6, 6.07) is 7.63. The van der Waals surface area contributed by atoms with Crippen LogP contribution in [0.25, 0.3) is 0 Å². The third kappa shape index (κ3) is 3.85. The minimum absolute atomic E-state index is 0.129. The Morgan fingerprint density at radius 3 is 2.89 bits per heavy atom. The molecule has 0 amide bonds. The number of nitrogen functional groups attached to an aromatic ring is 1. The third-order valence-corrected chi connectivity index (χ3v) is 3.57. The van der Waals surface area contributed by atoms with Gasteiger partial charge in [0.15, 0.2) is 0 Å². The lowest BCUT2D eigenvalue weighted by molar-refractivity contribution is -0.0521. The number of benzene rings is 1. The highest BCUT2D eigenvalue weighted by Crippen LogP contribution is 2.21. The van der Waals surface area contributed by atoms with Crippen LogP contribution in [0.1, 0.15) is 20.3 Å². The van der Waals surface area contributed by atoms with E-state index in [1.807, 2.05) is 24.3 Å². The lowest BCUT2D eigenvalue weighted by Crippen LogP contribution is -2.53. The quantitative estimate of drug-likeness (QED) is 0.654. The molecular formula is C15H24N2O2. The predicted octanol–water partition coefficient (Wildman–Crippen LogP) is 2.15. The van der Waals surface area contributed by atoms with Crippen molar-refractivity contribution in [2.75, 3.05) is 38.6 Å². The molecule has 2 rings (SSSR count). The van der Waals surface area contributed by atoms with Gasteiger partial charge in [-0.05, 0) is 32.4 Å². The normalized spacial score (nSPS) is 19.3. The molecule has 1 aliphatic heterocycles. The first kappa shape index (κ1) is 14.2. The zero-order valence-electron chi connectivity index (χ0n) is 11.9. The summed E-state index contributed by atoms with van der Waals surface area (Å²) < 4.78 is 11.2. The Balaban J connectivity index is 1.73. The molecule has 0 spiro atoms. The van der Waals surface area contributed by atoms with Gasteiger partial charge in [-0.1, -0.05) is 12.1 Å². The maximum Gasteiger partial charge on any atom is 0.142 e. The van der Waals surface area contributed by atoms with E-state index in [-0.39, 0.29) is 5.54 Å². The second kappa shape index (κ2) is 6.26. The summed E-state index contributed by atoms with van der Waals surface area (Å²) in [5.74, 6) is 0.781. The third-order valence-electron chi connectivity index (χ3n) is 3.57. The second-order valence-electron chi connectivity index (χ2n) is 5.59. The topological polar surface area (TPSA) is 47.7 Å². The first-order valence-corrected chi connectivity index (χ1v) is 6.90. The van der Waals surface area contributed by atoms with Gasteiger partial charge < -0.3 is 15.2 Å². The first-order chi connectivity index (χ1) is 9.09. The van der Waals surface area contributed by atoms with E-state index in [0.717, 1.165) is 38.5 Å². The van der Waals surface area contributed by atoms with Crippen LogP contribution >= 0.6 is 0 Å². The summed E-state index contributed by atoms with van der Waals surface area (Å²) in [5, 5.41) is 0. The molecule has 4 nitrogen and oxygen atoms in total. The molecule has 1 aromatic carbocycles. The van der Waals surface area contributed by atoms with Crippen molar-refractivity contribution in [2.24, 2.45) is 0 Å². The molecule has 1 aliphatic rings. The Hall–Kier alpha value is -1.26. The average molecular weight is 264 g/mol. The van der Waals surface area contributed by atoms with Gasteiger partial charge in [-0.15, -0.1) is 0 Å². The SMILES string of the molecule is CC1(C)COCCN1CCCOc1ccccc1N. The average Bonchev–Trinajstić information content (AvgIpc) is 2.38. The lowest BCUT2D eigenvalue weighted by Gasteiger charge is -2.42. The Labute approximate surface area is 115 Å². The zero-order chi connectivity index (χ0) is 13.7. The maximum atomic E-state index is 5.84. The molecule has 0 aromatic heterocycles. The van der Waals surface area contributed by atoms with E-state index in [1.54, 1.807) is 0 Å². The second-order valence-corrected chi connectivity index (χ2v) is 5.59. The number of para-hydroxylation sites is 2. The van der Waals surface area contributed by atoms with Crippen LogP contribution in [-0.2, 0) is 4.74 Å². The summed E-state index contributed by atoms with van der Waals surface area (Å²) in [6.07, 6.45) is 0.998. The van der Waals surface area contributed by atoms with E-state index in [9.17, 15) is 0 Å². The number of hydrogen-bond acceptors (Lipinski definition) is 4. The molecule has 0 atom stereocenters. The molecule has 1 fully saturated rings. The Morgan fingerprint density at radius 2 is 2.16 bits per heavy atom. The summed E-state index contributed by atoms with van der Waals surface area (Å²) in [6.45, 7) is 8.81. The van der Waals surface area contributed by atoms with Crippen molar-refractivity contribution < 1.29 is 9.47 Å². The Bertz CT molecular complexity index is 407. The van der Waals surface area contributed by atoms with Gasteiger partial charge in [-0.3, -0.25) is 4.90 Å². The van der Waals surface area contributed by atoms with Crippen LogP contribution in [0.4, 0.5) is 5.69 Å². The van der Waals surface area contributed by atoms with Crippen molar-refractivity contribution in [3.63, 3.8) is 0 Å². The number of morpholine rings is 1. The van der Waals surface area contributed by atoms with Crippen molar-refractivity contribution >= 4 is 5.69 Å². The fourth-order valence-corrected chi connectivity index (χ4v) is 2.35. The molecule has 0 bridgehead atoms. The monoisotopic (exact) mass is 264 g/mol. The van der Waals surface area contributed by atoms with E-state index in [0.29, 0.717) is 12.3 Å². The van der Waals surface area contributed by atoms with Crippen molar-refractivity contribution in [3.05, 3.63) is 24.3 Å². The van der Waals surface area contributed by atoms with Gasteiger partial charge in [-0.25, -0.2) is 0 Å². The Kier molecular flexibility index (Phi) is 4.66. The highest BCUT2D eigenvalue weighted by atomic mass is 16.5. The van der Waals surface area contributed by atoms with Crippen LogP contribution in [0.3, 0.4) is 0 Å². The zero-order valence-corrected chi connectivity index (χ0v) is 11.9. The molecule has 0 aliphatic carbocycles. The van der Waals surface area contributed by atoms with Crippen molar-refractivity contribution in [2.45, 2.75) is 25.8 Å². The first-order valence-electron chi connectivity index (χ1n) is 6.90. The molecule has 0 unspecified atom stereocenters. The molecule has 4 heteroatoms. The summed E-state index contributed by atoms with van der Waals surface area (Å²) in [4.78, 5) is 2.47. The molecule has 19 heavy (non-hydrogen) atoms. The van der Waals surface area contributed by atoms with Crippen LogP contribution in [-0.4, -0.2) is 43.3 Å². The van der Waals surface area contributed by atoms with Crippen LogP contribution in [0.2, 0.25) is 0 Å². The number of hydrogen-bond donors (Lipinski definition) is 1. The minimum Gasteiger partial charge on any atom is -0.491 e. The molecule has 2 N–H and O–H groups in total. The number of nitrogens with two attached hydrogens (primary N) is 1. The van der Waals surface area contributed by atoms with E-state index in [1.165, 1.54) is 0 Å². The van der Waals surface area contributed by atoms with Crippen LogP contribution in [0, 0.1) is 0 Å². The van der Waals surface area contributed by atoms with E-state index in [4.69, 9.17) is 15.2 Å². The largest absolute Gasteiger partial charge is 0.491 e. The van der Waals surface area contributed by atoms with Gasteiger partial charge in [0.1, 0.15) is 5.75 Å². The fraction of sp³-hybridized carbons (Fsp3) is 0.600. The fourth-order valence-electron chi connectivity index (χ4n) is 2.35. The molecule has 1 heterocycles. The maximum absolute atomic E-state index is 5.84. The molecule has 1 aromatic rings. The van der Waals surface area contributed by atoms with Crippen LogP contribution < -0.4 is 10.5 Å². The van der Waals surface area contributed by atoms with Gasteiger partial charge in [0.25, 0.3) is 0 Å². The Morgan fingerprint density at radius 1 is 1.37 bits per heavy atom. The standard InChI is InChI=1S/C15H24N2O2/c1-15(2)12-18-11-9-17(15)8-5-10-19-14-7-4-3-6-13(14)16/h3-4,6-7H,5,8-12,16H2,1-2H3. The molecule has 106 valence electrons. The molecule has 1 saturated heterocycles. The smallest absolute Gasteiger partial charge is 0.142 e. The molecule has 0 saturated carbocycles. The number of anilines is 1. The van der Waals surface area contributed by atoms with E-state index >= 15 is 0 Å². The number of nitrogens with zero attached hydrogens (tertiary/aromatic N) is 1. The minimum atomic E-state index is 0.129. The van der Waals surface area contributed by atoms with E-state index < -0.39 is 0 Å². The summed E-state index contributed by atoms with van der Waals surface area (Å²) >= 11 is 0. The van der Waals surface area contributed by atoms with Gasteiger partial charge in [-0.2, -0.15) is 0 Å². The molecular weight excluding hydrogens is 240 g/mol. The van der Waals surface area contributed by atoms with Gasteiger partial charge in [0.2, 0.25) is 0 Å². The highest BCUT2D eigenvalue weighted by Gasteiger charge is 2.29. The predicted molar refractivity (Wildman–Crippen MR) is 77.4 cm³/mol. The van der Waals surface area contributed by atoms with Crippen molar-refractivity contribution in [1.29, 1.82) is 0 Å². The van der Waals surface area contributed by atoms with Crippen molar-refractivity contribution in [1.82, 2.24) is 4.90 Å². The summed E-state index contributed by atoms with van der Waals surface area (Å²) in [5.41, 5.74) is 6.67.